The highest BCUT2D eigenvalue weighted by atomic mass is 16.5. The molecule has 6 heteroatoms. The second-order valence-electron chi connectivity index (χ2n) is 5.62. The van der Waals surface area contributed by atoms with Gasteiger partial charge in [0.05, 0.1) is 12.7 Å². The number of aromatic nitrogens is 1. The molecule has 1 aromatic heterocycles. The van der Waals surface area contributed by atoms with Crippen molar-refractivity contribution in [3.63, 3.8) is 0 Å². The van der Waals surface area contributed by atoms with Crippen molar-refractivity contribution in [1.82, 2.24) is 9.88 Å². The summed E-state index contributed by atoms with van der Waals surface area (Å²) in [6.07, 6.45) is 1.04. The number of morpholine rings is 1. The van der Waals surface area contributed by atoms with E-state index in [0.29, 0.717) is 31.1 Å². The van der Waals surface area contributed by atoms with Gasteiger partial charge < -0.3 is 15.1 Å². The number of pyridine rings is 1. The highest BCUT2D eigenvalue weighted by Gasteiger charge is 2.24. The van der Waals surface area contributed by atoms with Crippen LogP contribution < -0.4 is 11.3 Å². The van der Waals surface area contributed by atoms with Gasteiger partial charge in [-0.25, -0.2) is 10.8 Å². The van der Waals surface area contributed by atoms with Crippen molar-refractivity contribution < 1.29 is 9.53 Å². The minimum absolute atomic E-state index is 0.0116. The molecule has 1 atom stereocenters. The van der Waals surface area contributed by atoms with Crippen molar-refractivity contribution in [2.45, 2.75) is 39.2 Å². The first kappa shape index (κ1) is 15.7. The number of amides is 1. The molecule has 1 aromatic rings. The summed E-state index contributed by atoms with van der Waals surface area (Å²) in [6, 6.07) is 3.55. The largest absolute Gasteiger partial charge is 0.375 e. The summed E-state index contributed by atoms with van der Waals surface area (Å²) in [7, 11) is 0. The van der Waals surface area contributed by atoms with Gasteiger partial charge >= 0.3 is 0 Å². The molecule has 1 fully saturated rings. The first-order chi connectivity index (χ1) is 10.0. The smallest absolute Gasteiger partial charge is 0.254 e. The third kappa shape index (κ3) is 3.71. The number of hydrogen-bond acceptors (Lipinski definition) is 5. The molecule has 1 amide bonds. The van der Waals surface area contributed by atoms with Crippen molar-refractivity contribution in [1.29, 1.82) is 0 Å². The van der Waals surface area contributed by atoms with Crippen LogP contribution in [0.15, 0.2) is 12.1 Å². The van der Waals surface area contributed by atoms with Crippen molar-refractivity contribution in [2.24, 2.45) is 5.84 Å². The summed E-state index contributed by atoms with van der Waals surface area (Å²) >= 11 is 0. The summed E-state index contributed by atoms with van der Waals surface area (Å²) < 4.78 is 5.61. The fraction of sp³-hybridized carbons (Fsp3) is 0.600. The Labute approximate surface area is 125 Å². The number of rotatable bonds is 4. The van der Waals surface area contributed by atoms with E-state index in [1.807, 2.05) is 24.8 Å². The SMILES string of the molecule is CCC1CN(C(=O)c2cc(NN)nc(C(C)C)c2)CCO1. The van der Waals surface area contributed by atoms with E-state index in [9.17, 15) is 4.79 Å². The van der Waals surface area contributed by atoms with Crippen LogP contribution in [-0.4, -0.2) is 41.6 Å². The number of carbonyl (C=O) groups is 1. The molecule has 0 radical (unpaired) electrons. The van der Waals surface area contributed by atoms with Crippen molar-refractivity contribution in [3.8, 4) is 0 Å². The van der Waals surface area contributed by atoms with Gasteiger partial charge in [-0.15, -0.1) is 0 Å². The van der Waals surface area contributed by atoms with Crippen molar-refractivity contribution in [2.75, 3.05) is 25.1 Å². The second kappa shape index (κ2) is 6.87. The number of hydrogen-bond donors (Lipinski definition) is 2. The lowest BCUT2D eigenvalue weighted by atomic mass is 10.1. The van der Waals surface area contributed by atoms with Gasteiger partial charge in [0.2, 0.25) is 0 Å². The fourth-order valence-corrected chi connectivity index (χ4v) is 2.38. The Morgan fingerprint density at radius 1 is 1.57 bits per heavy atom. The lowest BCUT2D eigenvalue weighted by Gasteiger charge is -2.32. The fourth-order valence-electron chi connectivity index (χ4n) is 2.38. The van der Waals surface area contributed by atoms with Gasteiger partial charge in [-0.1, -0.05) is 20.8 Å². The minimum Gasteiger partial charge on any atom is -0.375 e. The van der Waals surface area contributed by atoms with E-state index >= 15 is 0 Å². The molecule has 6 nitrogen and oxygen atoms in total. The van der Waals surface area contributed by atoms with Gasteiger partial charge in [-0.3, -0.25) is 4.79 Å². The topological polar surface area (TPSA) is 80.5 Å². The Hall–Kier alpha value is -1.66. The highest BCUT2D eigenvalue weighted by molar-refractivity contribution is 5.95. The lowest BCUT2D eigenvalue weighted by molar-refractivity contribution is -0.0226. The average molecular weight is 292 g/mol. The number of nitrogens with two attached hydrogens (primary N) is 1. The first-order valence-electron chi connectivity index (χ1n) is 7.44. The van der Waals surface area contributed by atoms with Gasteiger partial charge in [-0.2, -0.15) is 0 Å². The summed E-state index contributed by atoms with van der Waals surface area (Å²) in [5.74, 6) is 6.22. The van der Waals surface area contributed by atoms with Crippen LogP contribution in [0.2, 0.25) is 0 Å². The molecule has 21 heavy (non-hydrogen) atoms. The summed E-state index contributed by atoms with van der Waals surface area (Å²) in [5, 5.41) is 0. The van der Waals surface area contributed by atoms with Crippen molar-refractivity contribution in [3.05, 3.63) is 23.4 Å². The molecular formula is C15H24N4O2. The molecule has 1 unspecified atom stereocenters. The van der Waals surface area contributed by atoms with Gasteiger partial charge in [0.1, 0.15) is 5.82 Å². The summed E-state index contributed by atoms with van der Waals surface area (Å²) in [5.41, 5.74) is 4.01. The molecule has 1 aliphatic heterocycles. The zero-order chi connectivity index (χ0) is 15.4. The molecule has 2 rings (SSSR count). The molecule has 3 N–H and O–H groups in total. The van der Waals surface area contributed by atoms with Gasteiger partial charge in [0, 0.05) is 24.3 Å². The van der Waals surface area contributed by atoms with Crippen LogP contribution in [0, 0.1) is 0 Å². The Morgan fingerprint density at radius 3 is 2.95 bits per heavy atom. The lowest BCUT2D eigenvalue weighted by Crippen LogP contribution is -2.45. The molecule has 0 saturated carbocycles. The van der Waals surface area contributed by atoms with E-state index in [2.05, 4.69) is 17.3 Å². The standard InChI is InChI=1S/C15H24N4O2/c1-4-12-9-19(5-6-21-12)15(20)11-7-13(10(2)3)17-14(8-11)18-16/h7-8,10,12H,4-6,9,16H2,1-3H3,(H,17,18). The van der Waals surface area contributed by atoms with Crippen LogP contribution in [0.5, 0.6) is 0 Å². The third-order valence-electron chi connectivity index (χ3n) is 3.71. The van der Waals surface area contributed by atoms with Crippen molar-refractivity contribution >= 4 is 11.7 Å². The Morgan fingerprint density at radius 2 is 2.33 bits per heavy atom. The zero-order valence-electron chi connectivity index (χ0n) is 12.9. The Kier molecular flexibility index (Phi) is 5.14. The van der Waals surface area contributed by atoms with Crippen LogP contribution in [-0.2, 0) is 4.74 Å². The molecule has 1 aliphatic rings. The number of nitrogens with zero attached hydrogens (tertiary/aromatic N) is 2. The van der Waals surface area contributed by atoms with Crippen LogP contribution in [0.25, 0.3) is 0 Å². The first-order valence-corrected chi connectivity index (χ1v) is 7.44. The normalized spacial score (nSPS) is 18.9. The molecule has 2 heterocycles. The summed E-state index contributed by atoms with van der Waals surface area (Å²) in [6.45, 7) is 8.00. The van der Waals surface area contributed by atoms with E-state index in [4.69, 9.17) is 10.6 Å². The number of anilines is 1. The minimum atomic E-state index is 0.0116. The maximum absolute atomic E-state index is 12.7. The molecule has 116 valence electrons. The maximum Gasteiger partial charge on any atom is 0.254 e. The number of hydrazine groups is 1. The van der Waals surface area contributed by atoms with E-state index in [1.54, 1.807) is 6.07 Å². The monoisotopic (exact) mass is 292 g/mol. The average Bonchev–Trinajstić information content (AvgIpc) is 2.53. The summed E-state index contributed by atoms with van der Waals surface area (Å²) in [4.78, 5) is 18.9. The van der Waals surface area contributed by atoms with E-state index in [-0.39, 0.29) is 17.9 Å². The van der Waals surface area contributed by atoms with Crippen LogP contribution >= 0.6 is 0 Å². The Balaban J connectivity index is 2.23. The number of ether oxygens (including phenoxy) is 1. The van der Waals surface area contributed by atoms with Crippen LogP contribution in [0.3, 0.4) is 0 Å². The third-order valence-corrected chi connectivity index (χ3v) is 3.71. The van der Waals surface area contributed by atoms with E-state index in [0.717, 1.165) is 12.1 Å². The molecule has 0 spiro atoms. The quantitative estimate of drug-likeness (QED) is 0.652. The van der Waals surface area contributed by atoms with E-state index < -0.39 is 0 Å². The van der Waals surface area contributed by atoms with Gasteiger partial charge in [0.25, 0.3) is 5.91 Å². The van der Waals surface area contributed by atoms with E-state index in [1.165, 1.54) is 0 Å². The zero-order valence-corrected chi connectivity index (χ0v) is 12.9. The molecule has 0 bridgehead atoms. The molecule has 0 aliphatic carbocycles. The maximum atomic E-state index is 12.7. The second-order valence-corrected chi connectivity index (χ2v) is 5.62. The highest BCUT2D eigenvalue weighted by Crippen LogP contribution is 2.19. The predicted molar refractivity (Wildman–Crippen MR) is 82.1 cm³/mol. The van der Waals surface area contributed by atoms with Gasteiger partial charge in [0.15, 0.2) is 0 Å². The number of nitrogens with one attached hydrogen (secondary N) is 1. The Bertz CT molecular complexity index is 504. The van der Waals surface area contributed by atoms with Crippen LogP contribution in [0.4, 0.5) is 5.82 Å². The van der Waals surface area contributed by atoms with Crippen LogP contribution in [0.1, 0.15) is 49.2 Å². The predicted octanol–water partition coefficient (Wildman–Crippen LogP) is 1.74. The molecule has 0 aromatic carbocycles. The molecule has 1 saturated heterocycles. The number of nitrogen functional groups attached to an aromatic ring is 1. The molecular weight excluding hydrogens is 268 g/mol. The number of carbonyl (C=O) groups excluding carboxylic acids is 1. The van der Waals surface area contributed by atoms with Gasteiger partial charge in [-0.05, 0) is 24.5 Å².